The first-order chi connectivity index (χ1) is 17.6. The molecule has 184 valence electrons. The number of hydrazine groups is 1. The van der Waals surface area contributed by atoms with Crippen molar-refractivity contribution >= 4 is 11.9 Å². The number of benzene rings is 3. The van der Waals surface area contributed by atoms with Crippen LogP contribution in [0.3, 0.4) is 0 Å². The van der Waals surface area contributed by atoms with Crippen molar-refractivity contribution in [2.24, 2.45) is 5.92 Å². The number of hydrogen-bond acceptors (Lipinski definition) is 4. The predicted octanol–water partition coefficient (Wildman–Crippen LogP) is 5.14. The Labute approximate surface area is 210 Å². The van der Waals surface area contributed by atoms with Gasteiger partial charge in [0.1, 0.15) is 5.82 Å². The number of amides is 1. The number of rotatable bonds is 6. The lowest BCUT2D eigenvalue weighted by atomic mass is 9.82. The lowest BCUT2D eigenvalue weighted by molar-refractivity contribution is -0.137. The van der Waals surface area contributed by atoms with Crippen LogP contribution in [0.4, 0.5) is 4.39 Å². The van der Waals surface area contributed by atoms with Gasteiger partial charge >= 0.3 is 5.97 Å². The molecule has 0 aromatic heterocycles. The lowest BCUT2D eigenvalue weighted by Gasteiger charge is -2.38. The van der Waals surface area contributed by atoms with Crippen molar-refractivity contribution in [2.45, 2.75) is 31.8 Å². The second-order valence-corrected chi connectivity index (χ2v) is 9.16. The highest BCUT2D eigenvalue weighted by Crippen LogP contribution is 2.47. The first kappa shape index (κ1) is 23.9. The van der Waals surface area contributed by atoms with E-state index < -0.39 is 5.97 Å². The zero-order valence-electron chi connectivity index (χ0n) is 20.2. The predicted molar refractivity (Wildman–Crippen MR) is 135 cm³/mol. The largest absolute Gasteiger partial charge is 0.463 e. The molecule has 0 aliphatic carbocycles. The van der Waals surface area contributed by atoms with Crippen LogP contribution < -0.4 is 0 Å². The van der Waals surface area contributed by atoms with E-state index in [1.165, 1.54) is 23.8 Å². The van der Waals surface area contributed by atoms with Gasteiger partial charge in [0, 0.05) is 24.1 Å². The van der Waals surface area contributed by atoms with Crippen molar-refractivity contribution in [1.82, 2.24) is 10.0 Å². The molecule has 0 spiro atoms. The Morgan fingerprint density at radius 2 is 1.72 bits per heavy atom. The summed E-state index contributed by atoms with van der Waals surface area (Å²) in [5.41, 5.74) is 3.95. The number of halogens is 1. The molecular formula is C30H29FN2O3. The van der Waals surface area contributed by atoms with Crippen molar-refractivity contribution in [3.05, 3.63) is 119 Å². The van der Waals surface area contributed by atoms with Gasteiger partial charge in [-0.3, -0.25) is 9.80 Å². The molecule has 2 aliphatic rings. The fraction of sp³-hybridized carbons (Fsp3) is 0.267. The van der Waals surface area contributed by atoms with Crippen LogP contribution in [-0.2, 0) is 22.4 Å². The third kappa shape index (κ3) is 4.69. The second-order valence-electron chi connectivity index (χ2n) is 9.16. The van der Waals surface area contributed by atoms with Crippen molar-refractivity contribution in [3.63, 3.8) is 0 Å². The van der Waals surface area contributed by atoms with E-state index in [-0.39, 0.29) is 29.7 Å². The van der Waals surface area contributed by atoms with Crippen LogP contribution in [0.2, 0.25) is 0 Å². The van der Waals surface area contributed by atoms with Crippen molar-refractivity contribution in [2.75, 3.05) is 13.2 Å². The lowest BCUT2D eigenvalue weighted by Crippen LogP contribution is -2.48. The molecule has 5 nitrogen and oxygen atoms in total. The molecule has 0 N–H and O–H groups in total. The zero-order valence-corrected chi connectivity index (χ0v) is 20.2. The Bertz CT molecular complexity index is 1260. The SMILES string of the molecule is CCOC(=O)/C=C/[C@@H]1[C@@H](Cc2ccc(F)cc2)N(C(=O)c2ccccc2)N2CCc3ccccc3[C@@H]12. The van der Waals surface area contributed by atoms with E-state index >= 15 is 0 Å². The van der Waals surface area contributed by atoms with Crippen molar-refractivity contribution in [1.29, 1.82) is 0 Å². The number of nitrogens with zero attached hydrogens (tertiary/aromatic N) is 2. The van der Waals surface area contributed by atoms with Crippen LogP contribution in [0.25, 0.3) is 0 Å². The summed E-state index contributed by atoms with van der Waals surface area (Å²) < 4.78 is 18.8. The van der Waals surface area contributed by atoms with Gasteiger partial charge in [-0.15, -0.1) is 0 Å². The first-order valence-electron chi connectivity index (χ1n) is 12.4. The van der Waals surface area contributed by atoms with E-state index in [1.807, 2.05) is 53.5 Å². The molecular weight excluding hydrogens is 455 g/mol. The highest BCUT2D eigenvalue weighted by atomic mass is 19.1. The van der Waals surface area contributed by atoms with Gasteiger partial charge in [-0.25, -0.2) is 14.2 Å². The van der Waals surface area contributed by atoms with Crippen LogP contribution in [0.15, 0.2) is 91.0 Å². The quantitative estimate of drug-likeness (QED) is 0.359. The Balaban J connectivity index is 1.61. The molecule has 2 aliphatic heterocycles. The Hall–Kier alpha value is -3.77. The topological polar surface area (TPSA) is 49.9 Å². The van der Waals surface area contributed by atoms with Crippen LogP contribution in [-0.4, -0.2) is 41.1 Å². The van der Waals surface area contributed by atoms with E-state index in [4.69, 9.17) is 4.74 Å². The summed E-state index contributed by atoms with van der Waals surface area (Å²) in [5.74, 6) is -0.957. The molecule has 1 fully saturated rings. The molecule has 5 rings (SSSR count). The molecule has 6 heteroatoms. The van der Waals surface area contributed by atoms with E-state index in [2.05, 4.69) is 17.1 Å². The molecule has 0 saturated carbocycles. The van der Waals surface area contributed by atoms with Gasteiger partial charge in [0.2, 0.25) is 0 Å². The second kappa shape index (κ2) is 10.5. The minimum atomic E-state index is -0.401. The summed E-state index contributed by atoms with van der Waals surface area (Å²) >= 11 is 0. The monoisotopic (exact) mass is 484 g/mol. The summed E-state index contributed by atoms with van der Waals surface area (Å²) in [4.78, 5) is 26.3. The average Bonchev–Trinajstić information content (AvgIpc) is 3.22. The maximum Gasteiger partial charge on any atom is 0.330 e. The third-order valence-electron chi connectivity index (χ3n) is 7.03. The third-order valence-corrected chi connectivity index (χ3v) is 7.03. The minimum Gasteiger partial charge on any atom is -0.463 e. The standard InChI is InChI=1S/C30H29FN2O3/c1-2-36-28(34)17-16-26-27(20-21-12-14-24(31)15-13-21)33(30(35)23-9-4-3-5-10-23)32-19-18-22-8-6-7-11-25(22)29(26)32/h3-17,26-27,29H,2,18-20H2,1H3/b17-16+/t26-,27-,29+/m1/s1. The van der Waals surface area contributed by atoms with Gasteiger partial charge in [-0.05, 0) is 60.7 Å². The fourth-order valence-electron chi connectivity index (χ4n) is 5.48. The number of carbonyl (C=O) groups is 2. The minimum absolute atomic E-state index is 0.0841. The Kier molecular flexibility index (Phi) is 6.96. The normalized spacial score (nSPS) is 21.3. The van der Waals surface area contributed by atoms with Crippen LogP contribution in [0, 0.1) is 11.7 Å². The zero-order chi connectivity index (χ0) is 25.1. The summed E-state index contributed by atoms with van der Waals surface area (Å²) in [7, 11) is 0. The molecule has 0 bridgehead atoms. The number of esters is 1. The van der Waals surface area contributed by atoms with Crippen molar-refractivity contribution in [3.8, 4) is 0 Å². The molecule has 3 aromatic carbocycles. The number of fused-ring (bicyclic) bond motifs is 3. The molecule has 0 unspecified atom stereocenters. The average molecular weight is 485 g/mol. The highest BCUT2D eigenvalue weighted by molar-refractivity contribution is 5.94. The number of carbonyl (C=O) groups excluding carboxylic acids is 2. The maximum atomic E-state index is 14.0. The molecule has 1 amide bonds. The van der Waals surface area contributed by atoms with Gasteiger partial charge < -0.3 is 4.74 Å². The maximum absolute atomic E-state index is 14.0. The first-order valence-corrected chi connectivity index (χ1v) is 12.4. The van der Waals surface area contributed by atoms with Gasteiger partial charge in [0.05, 0.1) is 18.7 Å². The van der Waals surface area contributed by atoms with Gasteiger partial charge in [-0.1, -0.05) is 60.7 Å². The summed E-state index contributed by atoms with van der Waals surface area (Å²) in [6, 6.07) is 23.6. The number of hydrogen-bond donors (Lipinski definition) is 0. The molecule has 36 heavy (non-hydrogen) atoms. The van der Waals surface area contributed by atoms with Crippen LogP contribution >= 0.6 is 0 Å². The van der Waals surface area contributed by atoms with E-state index in [1.54, 1.807) is 19.1 Å². The van der Waals surface area contributed by atoms with E-state index in [9.17, 15) is 14.0 Å². The van der Waals surface area contributed by atoms with Gasteiger partial charge in [0.15, 0.2) is 0 Å². The molecule has 3 aromatic rings. The molecule has 1 saturated heterocycles. The Morgan fingerprint density at radius 1 is 1.00 bits per heavy atom. The molecule has 0 radical (unpaired) electrons. The van der Waals surface area contributed by atoms with Gasteiger partial charge in [0.25, 0.3) is 5.91 Å². The molecule has 2 heterocycles. The number of ether oxygens (including phenoxy) is 1. The fourth-order valence-corrected chi connectivity index (χ4v) is 5.48. The van der Waals surface area contributed by atoms with E-state index in [0.29, 0.717) is 25.1 Å². The Morgan fingerprint density at radius 3 is 2.47 bits per heavy atom. The summed E-state index contributed by atoms with van der Waals surface area (Å²) in [6.45, 7) is 2.76. The van der Waals surface area contributed by atoms with Crippen LogP contribution in [0.1, 0.15) is 40.0 Å². The van der Waals surface area contributed by atoms with Crippen LogP contribution in [0.5, 0.6) is 0 Å². The molecule has 3 atom stereocenters. The summed E-state index contributed by atoms with van der Waals surface area (Å²) in [5, 5.41) is 4.03. The van der Waals surface area contributed by atoms with Gasteiger partial charge in [-0.2, -0.15) is 0 Å². The summed E-state index contributed by atoms with van der Waals surface area (Å²) in [6.07, 6.45) is 4.72. The highest BCUT2D eigenvalue weighted by Gasteiger charge is 2.51. The van der Waals surface area contributed by atoms with Crippen molar-refractivity contribution < 1.29 is 18.7 Å². The smallest absolute Gasteiger partial charge is 0.330 e. The van der Waals surface area contributed by atoms with E-state index in [0.717, 1.165) is 17.5 Å².